The van der Waals surface area contributed by atoms with Crippen molar-refractivity contribution in [1.29, 1.82) is 0 Å². The summed E-state index contributed by atoms with van der Waals surface area (Å²) in [6.07, 6.45) is 7.59. The molecule has 2 aromatic heterocycles. The van der Waals surface area contributed by atoms with E-state index in [9.17, 15) is 0 Å². The second-order valence-corrected chi connectivity index (χ2v) is 5.67. The number of pyridine rings is 1. The van der Waals surface area contributed by atoms with E-state index in [0.29, 0.717) is 12.1 Å². The molecule has 4 rings (SSSR count). The number of nitrogens with one attached hydrogen (secondary N) is 1. The van der Waals surface area contributed by atoms with Crippen LogP contribution in [-0.4, -0.2) is 44.6 Å². The Morgan fingerprint density at radius 2 is 2.21 bits per heavy atom. The van der Waals surface area contributed by atoms with Crippen molar-refractivity contribution in [1.82, 2.24) is 19.4 Å². The van der Waals surface area contributed by atoms with Gasteiger partial charge < -0.3 is 9.88 Å². The Morgan fingerprint density at radius 3 is 3.16 bits per heavy atom. The van der Waals surface area contributed by atoms with Crippen molar-refractivity contribution in [2.45, 2.75) is 31.3 Å². The molecule has 0 saturated carbocycles. The molecule has 19 heavy (non-hydrogen) atoms. The predicted octanol–water partition coefficient (Wildman–Crippen LogP) is 1.62. The lowest BCUT2D eigenvalue weighted by Crippen LogP contribution is -2.34. The highest BCUT2D eigenvalue weighted by atomic mass is 15.2. The summed E-state index contributed by atoms with van der Waals surface area (Å²) in [5.74, 6) is 0.942. The number of imidazole rings is 1. The van der Waals surface area contributed by atoms with Gasteiger partial charge in [-0.25, -0.2) is 9.97 Å². The highest BCUT2D eigenvalue weighted by molar-refractivity contribution is 5.85. The van der Waals surface area contributed by atoms with E-state index in [-0.39, 0.29) is 0 Å². The van der Waals surface area contributed by atoms with Crippen molar-refractivity contribution < 1.29 is 0 Å². The number of nitrogens with zero attached hydrogens (tertiary/aromatic N) is 4. The van der Waals surface area contributed by atoms with Gasteiger partial charge in [0.2, 0.25) is 0 Å². The Hall–Kier alpha value is -1.62. The van der Waals surface area contributed by atoms with Gasteiger partial charge in [0.15, 0.2) is 5.82 Å². The molecular weight excluding hydrogens is 238 g/mol. The van der Waals surface area contributed by atoms with Crippen molar-refractivity contribution in [3.8, 4) is 0 Å². The molecule has 0 amide bonds. The smallest absolute Gasteiger partial charge is 0.154 e. The average Bonchev–Trinajstić information content (AvgIpc) is 3.09. The Balaban J connectivity index is 1.65. The summed E-state index contributed by atoms with van der Waals surface area (Å²) in [5, 5.41) is 3.64. The maximum absolute atomic E-state index is 4.49. The van der Waals surface area contributed by atoms with Crippen LogP contribution in [0.15, 0.2) is 18.6 Å². The number of hydrogen-bond donors (Lipinski definition) is 1. The fourth-order valence-corrected chi connectivity index (χ4v) is 3.59. The molecule has 0 aromatic carbocycles. The molecule has 0 spiro atoms. The molecule has 5 nitrogen and oxygen atoms in total. The highest BCUT2D eigenvalue weighted by Gasteiger charge is 2.37. The van der Waals surface area contributed by atoms with Gasteiger partial charge in [-0.2, -0.15) is 0 Å². The van der Waals surface area contributed by atoms with Crippen LogP contribution in [0.3, 0.4) is 0 Å². The monoisotopic (exact) mass is 257 g/mol. The SMILES string of the molecule is Cn1cnc2c(NC3CCN4CCCC34)nccc21. The van der Waals surface area contributed by atoms with E-state index < -0.39 is 0 Å². The van der Waals surface area contributed by atoms with Crippen LogP contribution in [0, 0.1) is 0 Å². The fraction of sp³-hybridized carbons (Fsp3) is 0.571. The van der Waals surface area contributed by atoms with Gasteiger partial charge in [-0.05, 0) is 31.9 Å². The minimum atomic E-state index is 0.530. The van der Waals surface area contributed by atoms with Gasteiger partial charge in [0.1, 0.15) is 5.52 Å². The third-order valence-corrected chi connectivity index (χ3v) is 4.57. The van der Waals surface area contributed by atoms with E-state index in [1.165, 1.54) is 32.4 Å². The summed E-state index contributed by atoms with van der Waals surface area (Å²) < 4.78 is 2.04. The Bertz CT molecular complexity index is 605. The molecule has 100 valence electrons. The number of rotatable bonds is 2. The largest absolute Gasteiger partial charge is 0.364 e. The van der Waals surface area contributed by atoms with Crippen LogP contribution >= 0.6 is 0 Å². The van der Waals surface area contributed by atoms with Crippen molar-refractivity contribution in [3.05, 3.63) is 18.6 Å². The number of aromatic nitrogens is 3. The van der Waals surface area contributed by atoms with Gasteiger partial charge in [0.25, 0.3) is 0 Å². The molecule has 0 bridgehead atoms. The number of fused-ring (bicyclic) bond motifs is 2. The first kappa shape index (κ1) is 11.2. The molecule has 2 aliphatic rings. The van der Waals surface area contributed by atoms with Gasteiger partial charge >= 0.3 is 0 Å². The Kier molecular flexibility index (Phi) is 2.48. The van der Waals surface area contributed by atoms with Crippen molar-refractivity contribution in [3.63, 3.8) is 0 Å². The lowest BCUT2D eigenvalue weighted by atomic mass is 10.1. The first-order valence-electron chi connectivity index (χ1n) is 7.09. The van der Waals surface area contributed by atoms with Gasteiger partial charge in [0.05, 0.1) is 11.8 Å². The normalized spacial score (nSPS) is 27.0. The van der Waals surface area contributed by atoms with Crippen molar-refractivity contribution >= 4 is 16.9 Å². The van der Waals surface area contributed by atoms with Crippen LogP contribution in [0.2, 0.25) is 0 Å². The lowest BCUT2D eigenvalue weighted by Gasteiger charge is -2.21. The molecule has 2 fully saturated rings. The zero-order chi connectivity index (χ0) is 12.8. The van der Waals surface area contributed by atoms with Crippen LogP contribution in [0.5, 0.6) is 0 Å². The Morgan fingerprint density at radius 1 is 1.26 bits per heavy atom. The molecule has 0 radical (unpaired) electrons. The molecular formula is C14H19N5. The third kappa shape index (κ3) is 1.72. The number of aryl methyl sites for hydroxylation is 1. The van der Waals surface area contributed by atoms with Gasteiger partial charge in [-0.1, -0.05) is 0 Å². The maximum Gasteiger partial charge on any atom is 0.154 e. The lowest BCUT2D eigenvalue weighted by molar-refractivity contribution is 0.318. The second kappa shape index (κ2) is 4.20. The van der Waals surface area contributed by atoms with E-state index in [4.69, 9.17) is 0 Å². The molecule has 2 unspecified atom stereocenters. The molecule has 2 aliphatic heterocycles. The molecule has 1 N–H and O–H groups in total. The van der Waals surface area contributed by atoms with Crippen molar-refractivity contribution in [2.24, 2.45) is 7.05 Å². The second-order valence-electron chi connectivity index (χ2n) is 5.67. The summed E-state index contributed by atoms with van der Waals surface area (Å²) in [6.45, 7) is 2.49. The Labute approximate surface area is 112 Å². The fourth-order valence-electron chi connectivity index (χ4n) is 3.59. The molecule has 5 heteroatoms. The standard InChI is InChI=1S/C14H19N5/c1-18-9-16-13-12(18)4-6-15-14(13)17-10-5-8-19-7-2-3-11(10)19/h4,6,9-11H,2-3,5,7-8H2,1H3,(H,15,17). The zero-order valence-electron chi connectivity index (χ0n) is 11.2. The van der Waals surface area contributed by atoms with E-state index in [1.807, 2.05) is 30.2 Å². The van der Waals surface area contributed by atoms with Crippen LogP contribution in [-0.2, 0) is 7.05 Å². The quantitative estimate of drug-likeness (QED) is 0.888. The van der Waals surface area contributed by atoms with E-state index in [0.717, 1.165) is 16.9 Å². The summed E-state index contributed by atoms with van der Waals surface area (Å²) >= 11 is 0. The van der Waals surface area contributed by atoms with Crippen LogP contribution in [0.4, 0.5) is 5.82 Å². The van der Waals surface area contributed by atoms with E-state index in [1.54, 1.807) is 0 Å². The molecule has 2 atom stereocenters. The minimum absolute atomic E-state index is 0.530. The van der Waals surface area contributed by atoms with E-state index in [2.05, 4.69) is 20.2 Å². The topological polar surface area (TPSA) is 46.0 Å². The van der Waals surface area contributed by atoms with Crippen LogP contribution < -0.4 is 5.32 Å². The van der Waals surface area contributed by atoms with Crippen molar-refractivity contribution in [2.75, 3.05) is 18.4 Å². The summed E-state index contributed by atoms with van der Waals surface area (Å²) in [7, 11) is 2.02. The predicted molar refractivity (Wildman–Crippen MR) is 75.1 cm³/mol. The maximum atomic E-state index is 4.49. The van der Waals surface area contributed by atoms with Crippen LogP contribution in [0.25, 0.3) is 11.0 Å². The van der Waals surface area contributed by atoms with Crippen LogP contribution in [0.1, 0.15) is 19.3 Å². The van der Waals surface area contributed by atoms with Gasteiger partial charge in [-0.3, -0.25) is 4.90 Å². The first-order chi connectivity index (χ1) is 9.33. The van der Waals surface area contributed by atoms with Gasteiger partial charge in [0, 0.05) is 31.9 Å². The third-order valence-electron chi connectivity index (χ3n) is 4.57. The van der Waals surface area contributed by atoms with E-state index >= 15 is 0 Å². The zero-order valence-corrected chi connectivity index (χ0v) is 11.2. The molecule has 2 saturated heterocycles. The molecule has 4 heterocycles. The number of hydrogen-bond acceptors (Lipinski definition) is 4. The average molecular weight is 257 g/mol. The minimum Gasteiger partial charge on any atom is -0.364 e. The van der Waals surface area contributed by atoms with Gasteiger partial charge in [-0.15, -0.1) is 0 Å². The molecule has 2 aromatic rings. The number of anilines is 1. The summed E-state index contributed by atoms with van der Waals surface area (Å²) in [6, 6.07) is 3.24. The summed E-state index contributed by atoms with van der Waals surface area (Å²) in [5.41, 5.74) is 2.13. The highest BCUT2D eigenvalue weighted by Crippen LogP contribution is 2.30. The molecule has 0 aliphatic carbocycles. The first-order valence-corrected chi connectivity index (χ1v) is 7.09. The summed E-state index contributed by atoms with van der Waals surface area (Å²) in [4.78, 5) is 11.6.